The Morgan fingerprint density at radius 2 is 1.71 bits per heavy atom. The third kappa shape index (κ3) is 4.00. The first-order valence-electron chi connectivity index (χ1n) is 6.33. The fraction of sp³-hybridized carbons (Fsp3) is 0.833. The monoisotopic (exact) mass is 241 g/mol. The van der Waals surface area contributed by atoms with Gasteiger partial charge in [0.05, 0.1) is 5.41 Å². The molecule has 0 spiro atoms. The lowest BCUT2D eigenvalue weighted by molar-refractivity contribution is -0.132. The van der Waals surface area contributed by atoms with Crippen LogP contribution in [-0.2, 0) is 9.59 Å². The highest BCUT2D eigenvalue weighted by Gasteiger charge is 2.37. The van der Waals surface area contributed by atoms with Gasteiger partial charge < -0.3 is 16.4 Å². The van der Waals surface area contributed by atoms with E-state index in [-0.39, 0.29) is 17.2 Å². The van der Waals surface area contributed by atoms with Gasteiger partial charge in [-0.1, -0.05) is 19.3 Å². The van der Waals surface area contributed by atoms with Gasteiger partial charge >= 0.3 is 0 Å². The Kier molecular flexibility index (Phi) is 5.41. The molecule has 0 heterocycles. The second kappa shape index (κ2) is 6.59. The summed E-state index contributed by atoms with van der Waals surface area (Å²) < 4.78 is 0. The van der Waals surface area contributed by atoms with Gasteiger partial charge in [-0.25, -0.2) is 0 Å². The molecule has 0 bridgehead atoms. The molecule has 1 aliphatic carbocycles. The lowest BCUT2D eigenvalue weighted by Crippen LogP contribution is -2.48. The average Bonchev–Trinajstić information content (AvgIpc) is 2.35. The Morgan fingerprint density at radius 3 is 2.24 bits per heavy atom. The van der Waals surface area contributed by atoms with Crippen LogP contribution >= 0.6 is 0 Å². The molecule has 1 rings (SSSR count). The van der Waals surface area contributed by atoms with Crippen molar-refractivity contribution in [3.63, 3.8) is 0 Å². The van der Waals surface area contributed by atoms with Crippen LogP contribution in [-0.4, -0.2) is 31.4 Å². The number of hydrogen-bond donors (Lipinski definition) is 3. The average molecular weight is 241 g/mol. The molecule has 5 heteroatoms. The molecule has 2 amide bonds. The first-order valence-corrected chi connectivity index (χ1v) is 6.33. The third-order valence-corrected chi connectivity index (χ3v) is 3.47. The van der Waals surface area contributed by atoms with E-state index < -0.39 is 0 Å². The summed E-state index contributed by atoms with van der Waals surface area (Å²) in [4.78, 5) is 22.8. The highest BCUT2D eigenvalue weighted by Crippen LogP contribution is 2.35. The molecule has 0 aromatic heterocycles. The van der Waals surface area contributed by atoms with Gasteiger partial charge in [-0.15, -0.1) is 0 Å². The minimum atomic E-state index is -0.367. The Morgan fingerprint density at radius 1 is 1.12 bits per heavy atom. The summed E-state index contributed by atoms with van der Waals surface area (Å²) in [5.74, 6) is -0.0319. The largest absolute Gasteiger partial charge is 0.355 e. The van der Waals surface area contributed by atoms with Gasteiger partial charge in [0, 0.05) is 26.6 Å². The van der Waals surface area contributed by atoms with Crippen LogP contribution in [0.15, 0.2) is 0 Å². The first kappa shape index (κ1) is 14.0. The van der Waals surface area contributed by atoms with Crippen molar-refractivity contribution in [2.24, 2.45) is 11.1 Å². The van der Waals surface area contributed by atoms with E-state index in [4.69, 9.17) is 5.73 Å². The van der Waals surface area contributed by atoms with E-state index in [0.29, 0.717) is 19.6 Å². The van der Waals surface area contributed by atoms with Crippen molar-refractivity contribution in [3.8, 4) is 0 Å². The molecule has 0 aromatic carbocycles. The highest BCUT2D eigenvalue weighted by atomic mass is 16.2. The van der Waals surface area contributed by atoms with Crippen molar-refractivity contribution >= 4 is 11.8 Å². The molecule has 0 atom stereocenters. The Hall–Kier alpha value is -1.10. The van der Waals surface area contributed by atoms with Gasteiger partial charge in [0.15, 0.2) is 0 Å². The summed E-state index contributed by atoms with van der Waals surface area (Å²) >= 11 is 0. The molecular formula is C12H23N3O2. The summed E-state index contributed by atoms with van der Waals surface area (Å²) in [7, 11) is 0. The fourth-order valence-corrected chi connectivity index (χ4v) is 2.35. The molecule has 0 unspecified atom stereocenters. The van der Waals surface area contributed by atoms with Gasteiger partial charge in [0.25, 0.3) is 0 Å². The third-order valence-electron chi connectivity index (χ3n) is 3.47. The van der Waals surface area contributed by atoms with Crippen LogP contribution < -0.4 is 16.4 Å². The molecule has 1 aliphatic rings. The SMILES string of the molecule is CC(=O)NCCNC(=O)C1(CN)CCCCC1. The second-order valence-electron chi connectivity index (χ2n) is 4.78. The lowest BCUT2D eigenvalue weighted by Gasteiger charge is -2.34. The topological polar surface area (TPSA) is 84.2 Å². The molecule has 1 fully saturated rings. The number of rotatable bonds is 5. The van der Waals surface area contributed by atoms with Crippen molar-refractivity contribution < 1.29 is 9.59 Å². The first-order chi connectivity index (χ1) is 8.10. The zero-order valence-corrected chi connectivity index (χ0v) is 10.6. The molecule has 0 radical (unpaired) electrons. The maximum atomic E-state index is 12.1. The van der Waals surface area contributed by atoms with Crippen molar-refractivity contribution in [1.82, 2.24) is 10.6 Å². The smallest absolute Gasteiger partial charge is 0.227 e. The van der Waals surface area contributed by atoms with E-state index in [0.717, 1.165) is 25.7 Å². The van der Waals surface area contributed by atoms with Crippen LogP contribution in [0.4, 0.5) is 0 Å². The molecule has 5 nitrogen and oxygen atoms in total. The fourth-order valence-electron chi connectivity index (χ4n) is 2.35. The van der Waals surface area contributed by atoms with Gasteiger partial charge in [0.2, 0.25) is 11.8 Å². The normalized spacial score (nSPS) is 18.5. The van der Waals surface area contributed by atoms with Crippen LogP contribution in [0.5, 0.6) is 0 Å². The van der Waals surface area contributed by atoms with Crippen LogP contribution in [0.25, 0.3) is 0 Å². The summed E-state index contributed by atoms with van der Waals surface area (Å²) in [5.41, 5.74) is 5.39. The van der Waals surface area contributed by atoms with Gasteiger partial charge in [-0.2, -0.15) is 0 Å². The number of nitrogens with one attached hydrogen (secondary N) is 2. The standard InChI is InChI=1S/C12H23N3O2/c1-10(16)14-7-8-15-11(17)12(9-13)5-3-2-4-6-12/h2-9,13H2,1H3,(H,14,16)(H,15,17). The van der Waals surface area contributed by atoms with Crippen LogP contribution in [0.2, 0.25) is 0 Å². The summed E-state index contributed by atoms with van der Waals surface area (Å²) in [6.45, 7) is 2.82. The predicted octanol–water partition coefficient (Wildman–Crippen LogP) is 0.148. The molecule has 0 aromatic rings. The van der Waals surface area contributed by atoms with Crippen molar-refractivity contribution in [3.05, 3.63) is 0 Å². The summed E-state index contributed by atoms with van der Waals surface area (Å²) in [6.07, 6.45) is 5.12. The van der Waals surface area contributed by atoms with Gasteiger partial charge in [-0.05, 0) is 12.8 Å². The van der Waals surface area contributed by atoms with E-state index in [2.05, 4.69) is 10.6 Å². The number of amides is 2. The van der Waals surface area contributed by atoms with Crippen molar-refractivity contribution in [2.75, 3.05) is 19.6 Å². The molecule has 17 heavy (non-hydrogen) atoms. The molecule has 4 N–H and O–H groups in total. The maximum absolute atomic E-state index is 12.1. The van der Waals surface area contributed by atoms with Crippen molar-refractivity contribution in [2.45, 2.75) is 39.0 Å². The minimum Gasteiger partial charge on any atom is -0.355 e. The molecule has 0 saturated heterocycles. The van der Waals surface area contributed by atoms with E-state index >= 15 is 0 Å². The Balaban J connectivity index is 2.36. The van der Waals surface area contributed by atoms with Crippen LogP contribution in [0.1, 0.15) is 39.0 Å². The highest BCUT2D eigenvalue weighted by molar-refractivity contribution is 5.83. The van der Waals surface area contributed by atoms with Gasteiger partial charge in [-0.3, -0.25) is 9.59 Å². The maximum Gasteiger partial charge on any atom is 0.227 e. The number of carbonyl (C=O) groups is 2. The van der Waals surface area contributed by atoms with E-state index in [9.17, 15) is 9.59 Å². The van der Waals surface area contributed by atoms with E-state index in [1.165, 1.54) is 13.3 Å². The van der Waals surface area contributed by atoms with Crippen LogP contribution in [0.3, 0.4) is 0 Å². The Labute approximate surface area is 103 Å². The van der Waals surface area contributed by atoms with E-state index in [1.807, 2.05) is 0 Å². The zero-order chi connectivity index (χ0) is 12.7. The molecular weight excluding hydrogens is 218 g/mol. The minimum absolute atomic E-state index is 0.0463. The van der Waals surface area contributed by atoms with Crippen LogP contribution in [0, 0.1) is 5.41 Å². The summed E-state index contributed by atoms with van der Waals surface area (Å²) in [5, 5.41) is 5.52. The summed E-state index contributed by atoms with van der Waals surface area (Å²) in [6, 6.07) is 0. The lowest BCUT2D eigenvalue weighted by atomic mass is 9.73. The Bertz CT molecular complexity index is 273. The number of hydrogen-bond acceptors (Lipinski definition) is 3. The zero-order valence-electron chi connectivity index (χ0n) is 10.6. The quantitative estimate of drug-likeness (QED) is 0.599. The van der Waals surface area contributed by atoms with Gasteiger partial charge in [0.1, 0.15) is 0 Å². The second-order valence-corrected chi connectivity index (χ2v) is 4.78. The molecule has 0 aliphatic heterocycles. The van der Waals surface area contributed by atoms with Crippen molar-refractivity contribution in [1.29, 1.82) is 0 Å². The number of carbonyl (C=O) groups excluding carboxylic acids is 2. The predicted molar refractivity (Wildman–Crippen MR) is 66.3 cm³/mol. The number of nitrogens with two attached hydrogens (primary N) is 1. The van der Waals surface area contributed by atoms with E-state index in [1.54, 1.807) is 0 Å². The molecule has 98 valence electrons. The molecule has 1 saturated carbocycles.